The highest BCUT2D eigenvalue weighted by atomic mass is 16.3. The van der Waals surface area contributed by atoms with E-state index in [-0.39, 0.29) is 6.61 Å². The molecule has 0 bridgehead atoms. The Balaban J connectivity index is 1.63. The summed E-state index contributed by atoms with van der Waals surface area (Å²) in [6.07, 6.45) is 4.55. The zero-order valence-electron chi connectivity index (χ0n) is 14.9. The van der Waals surface area contributed by atoms with Crippen molar-refractivity contribution in [1.82, 2.24) is 20.1 Å². The van der Waals surface area contributed by atoms with Gasteiger partial charge in [-0.25, -0.2) is 9.67 Å². The molecule has 0 fully saturated rings. The van der Waals surface area contributed by atoms with E-state index in [9.17, 15) is 5.11 Å². The van der Waals surface area contributed by atoms with Crippen LogP contribution in [0.25, 0.3) is 11.0 Å². The van der Waals surface area contributed by atoms with Crippen LogP contribution < -0.4 is 5.32 Å². The lowest BCUT2D eigenvalue weighted by molar-refractivity contribution is 0.273. The Labute approximate surface area is 148 Å². The zero-order valence-corrected chi connectivity index (χ0v) is 14.9. The van der Waals surface area contributed by atoms with Gasteiger partial charge in [0.2, 0.25) is 0 Å². The second-order valence-electron chi connectivity index (χ2n) is 6.69. The molecule has 1 atom stereocenters. The second-order valence-corrected chi connectivity index (χ2v) is 6.69. The van der Waals surface area contributed by atoms with Gasteiger partial charge in [-0.05, 0) is 43.4 Å². The van der Waals surface area contributed by atoms with Crippen LogP contribution in [0.4, 0.5) is 0 Å². The number of fused-ring (bicyclic) bond motifs is 1. The summed E-state index contributed by atoms with van der Waals surface area (Å²) >= 11 is 0. The molecule has 25 heavy (non-hydrogen) atoms. The summed E-state index contributed by atoms with van der Waals surface area (Å²) < 4.78 is 1.94. The number of hydrogen-bond acceptors (Lipinski definition) is 4. The van der Waals surface area contributed by atoms with Gasteiger partial charge in [0.1, 0.15) is 0 Å². The minimum atomic E-state index is 0.198. The Morgan fingerprint density at radius 1 is 1.16 bits per heavy atom. The molecule has 0 aliphatic rings. The maximum absolute atomic E-state index is 9.33. The van der Waals surface area contributed by atoms with Crippen molar-refractivity contribution in [2.75, 3.05) is 13.2 Å². The highest BCUT2D eigenvalue weighted by molar-refractivity contribution is 5.75. The lowest BCUT2D eigenvalue weighted by atomic mass is 9.96. The largest absolute Gasteiger partial charge is 0.396 e. The minimum absolute atomic E-state index is 0.198. The Hall–Kier alpha value is -2.24. The molecule has 0 saturated heterocycles. The van der Waals surface area contributed by atoms with Gasteiger partial charge in [0.25, 0.3) is 0 Å². The molecule has 5 heteroatoms. The van der Waals surface area contributed by atoms with Gasteiger partial charge < -0.3 is 10.4 Å². The standard InChI is InChI=1S/C20H26N4O/c1-15(2)24-20-19(14-23-24)10-16(12-22-20)11-21-13-18(8-9-25)17-6-4-3-5-7-17/h3-7,10,12,14-15,18,21,25H,8-9,11,13H2,1-2H3. The van der Waals surface area contributed by atoms with E-state index in [4.69, 9.17) is 0 Å². The molecular weight excluding hydrogens is 312 g/mol. The summed E-state index contributed by atoms with van der Waals surface area (Å²) in [5.41, 5.74) is 3.34. The first-order valence-corrected chi connectivity index (χ1v) is 8.87. The minimum Gasteiger partial charge on any atom is -0.396 e. The van der Waals surface area contributed by atoms with Gasteiger partial charge in [-0.15, -0.1) is 0 Å². The van der Waals surface area contributed by atoms with Crippen LogP contribution in [0.15, 0.2) is 48.8 Å². The van der Waals surface area contributed by atoms with Crippen LogP contribution >= 0.6 is 0 Å². The Morgan fingerprint density at radius 2 is 1.96 bits per heavy atom. The van der Waals surface area contributed by atoms with Crippen molar-refractivity contribution >= 4 is 11.0 Å². The summed E-state index contributed by atoms with van der Waals surface area (Å²) in [5.74, 6) is 0.312. The van der Waals surface area contributed by atoms with E-state index in [1.807, 2.05) is 35.3 Å². The fourth-order valence-electron chi connectivity index (χ4n) is 3.12. The molecule has 3 aromatic rings. The molecule has 2 N–H and O–H groups in total. The molecule has 5 nitrogen and oxygen atoms in total. The number of aromatic nitrogens is 3. The van der Waals surface area contributed by atoms with Crippen LogP contribution in [0.3, 0.4) is 0 Å². The van der Waals surface area contributed by atoms with Gasteiger partial charge in [0, 0.05) is 37.3 Å². The highest BCUT2D eigenvalue weighted by Crippen LogP contribution is 2.19. The number of hydrogen-bond donors (Lipinski definition) is 2. The first kappa shape index (κ1) is 17.6. The average molecular weight is 338 g/mol. The highest BCUT2D eigenvalue weighted by Gasteiger charge is 2.11. The van der Waals surface area contributed by atoms with Crippen molar-refractivity contribution in [3.63, 3.8) is 0 Å². The SMILES string of the molecule is CC(C)n1ncc2cc(CNCC(CCO)c3ccccc3)cnc21. The number of rotatable bonds is 8. The summed E-state index contributed by atoms with van der Waals surface area (Å²) in [4.78, 5) is 4.58. The maximum atomic E-state index is 9.33. The molecule has 0 aliphatic heterocycles. The molecule has 0 saturated carbocycles. The molecule has 0 spiro atoms. The predicted molar refractivity (Wildman–Crippen MR) is 101 cm³/mol. The molecule has 0 aliphatic carbocycles. The van der Waals surface area contributed by atoms with Gasteiger partial charge in [-0.3, -0.25) is 0 Å². The van der Waals surface area contributed by atoms with E-state index >= 15 is 0 Å². The topological polar surface area (TPSA) is 63.0 Å². The van der Waals surface area contributed by atoms with Crippen LogP contribution in [-0.2, 0) is 6.54 Å². The van der Waals surface area contributed by atoms with Crippen molar-refractivity contribution in [3.05, 3.63) is 59.9 Å². The average Bonchev–Trinajstić information content (AvgIpc) is 3.05. The van der Waals surface area contributed by atoms with Crippen LogP contribution in [-0.4, -0.2) is 33.0 Å². The summed E-state index contributed by atoms with van der Waals surface area (Å²) in [5, 5.41) is 18.3. The predicted octanol–water partition coefficient (Wildman–Crippen LogP) is 3.27. The van der Waals surface area contributed by atoms with E-state index in [0.717, 1.165) is 36.1 Å². The van der Waals surface area contributed by atoms with Gasteiger partial charge in [0.15, 0.2) is 5.65 Å². The molecule has 2 aromatic heterocycles. The third kappa shape index (κ3) is 4.24. The van der Waals surface area contributed by atoms with Crippen molar-refractivity contribution in [1.29, 1.82) is 0 Å². The van der Waals surface area contributed by atoms with Crippen molar-refractivity contribution < 1.29 is 5.11 Å². The Morgan fingerprint density at radius 3 is 2.68 bits per heavy atom. The monoisotopic (exact) mass is 338 g/mol. The van der Waals surface area contributed by atoms with Gasteiger partial charge >= 0.3 is 0 Å². The fourth-order valence-corrected chi connectivity index (χ4v) is 3.12. The van der Waals surface area contributed by atoms with Gasteiger partial charge in [-0.1, -0.05) is 30.3 Å². The molecule has 1 unspecified atom stereocenters. The first-order valence-electron chi connectivity index (χ1n) is 8.87. The molecular formula is C20H26N4O. The van der Waals surface area contributed by atoms with E-state index in [1.165, 1.54) is 5.56 Å². The fraction of sp³-hybridized carbons (Fsp3) is 0.400. The first-order chi connectivity index (χ1) is 12.2. The number of pyridine rings is 1. The van der Waals surface area contributed by atoms with E-state index in [0.29, 0.717) is 12.0 Å². The normalized spacial score (nSPS) is 12.8. The number of aliphatic hydroxyl groups excluding tert-OH is 1. The Kier molecular flexibility index (Phi) is 5.79. The lowest BCUT2D eigenvalue weighted by Crippen LogP contribution is -2.22. The maximum Gasteiger partial charge on any atom is 0.157 e. The van der Waals surface area contributed by atoms with E-state index in [2.05, 4.69) is 47.4 Å². The third-order valence-electron chi connectivity index (χ3n) is 4.45. The summed E-state index contributed by atoms with van der Waals surface area (Å²) in [7, 11) is 0. The van der Waals surface area contributed by atoms with Crippen LogP contribution in [0.2, 0.25) is 0 Å². The zero-order chi connectivity index (χ0) is 17.6. The van der Waals surface area contributed by atoms with Gasteiger partial charge in [0.05, 0.1) is 6.20 Å². The quantitative estimate of drug-likeness (QED) is 0.662. The number of benzene rings is 1. The smallest absolute Gasteiger partial charge is 0.157 e. The molecule has 1 aromatic carbocycles. The molecule has 2 heterocycles. The second kappa shape index (κ2) is 8.23. The van der Waals surface area contributed by atoms with Crippen molar-refractivity contribution in [2.45, 2.75) is 38.8 Å². The van der Waals surface area contributed by atoms with Crippen LogP contribution in [0.1, 0.15) is 43.4 Å². The van der Waals surface area contributed by atoms with Crippen molar-refractivity contribution in [2.24, 2.45) is 0 Å². The summed E-state index contributed by atoms with van der Waals surface area (Å²) in [6.45, 7) is 5.99. The molecule has 0 radical (unpaired) electrons. The Bertz CT molecular complexity index is 798. The van der Waals surface area contributed by atoms with Gasteiger partial charge in [-0.2, -0.15) is 5.10 Å². The van der Waals surface area contributed by atoms with Crippen molar-refractivity contribution in [3.8, 4) is 0 Å². The van der Waals surface area contributed by atoms with E-state index in [1.54, 1.807) is 0 Å². The lowest BCUT2D eigenvalue weighted by Gasteiger charge is -2.17. The summed E-state index contributed by atoms with van der Waals surface area (Å²) in [6, 6.07) is 12.8. The van der Waals surface area contributed by atoms with Crippen LogP contribution in [0.5, 0.6) is 0 Å². The third-order valence-corrected chi connectivity index (χ3v) is 4.45. The molecule has 132 valence electrons. The number of nitrogens with one attached hydrogen (secondary N) is 1. The van der Waals surface area contributed by atoms with E-state index < -0.39 is 0 Å². The number of nitrogens with zero attached hydrogens (tertiary/aromatic N) is 3. The number of aliphatic hydroxyl groups is 1. The van der Waals surface area contributed by atoms with Crippen LogP contribution in [0, 0.1) is 0 Å². The molecule has 3 rings (SSSR count). The molecule has 0 amide bonds.